The van der Waals surface area contributed by atoms with E-state index in [1.165, 1.54) is 57.9 Å². The van der Waals surface area contributed by atoms with Crippen molar-refractivity contribution < 1.29 is 50.7 Å². The largest absolute Gasteiger partial charge is 4.00 e. The molecule has 3 aromatic rings. The minimum Gasteiger partial charge on any atom is -1.00 e. The number of aryl methyl sites for hydroxylation is 3. The molecule has 0 N–H and O–H groups in total. The summed E-state index contributed by atoms with van der Waals surface area (Å²) < 4.78 is 0. The first-order valence-corrected chi connectivity index (χ1v) is 13.9. The molecular weight excluding hydrogens is 590 g/mol. The van der Waals surface area contributed by atoms with Gasteiger partial charge in [-0.25, -0.2) is 0 Å². The minimum atomic E-state index is -1.19. The van der Waals surface area contributed by atoms with Crippen molar-refractivity contribution >= 4 is 24.0 Å². The fourth-order valence-corrected chi connectivity index (χ4v) is 6.53. The van der Waals surface area contributed by atoms with Crippen molar-refractivity contribution in [1.29, 1.82) is 0 Å². The number of rotatable bonds is 1. The molecule has 1 aliphatic carbocycles. The van der Waals surface area contributed by atoms with E-state index in [-0.39, 0.29) is 50.7 Å². The molecule has 0 aliphatic heterocycles. The van der Waals surface area contributed by atoms with E-state index in [4.69, 9.17) is 0 Å². The second kappa shape index (κ2) is 11.1. The molecule has 162 valence electrons. The Labute approximate surface area is 216 Å². The maximum atomic E-state index is 2.47. The van der Waals surface area contributed by atoms with Gasteiger partial charge in [0.25, 0.3) is 0 Å². The number of halogens is 2. The van der Waals surface area contributed by atoms with Crippen molar-refractivity contribution in [2.45, 2.75) is 80.4 Å². The monoisotopic (exact) mass is 626 g/mol. The summed E-state index contributed by atoms with van der Waals surface area (Å²) in [5.74, 6) is 0. The molecule has 0 amide bonds. The maximum absolute atomic E-state index is 2.47. The van der Waals surface area contributed by atoms with Crippen LogP contribution in [0.1, 0.15) is 50.9 Å². The Morgan fingerprint density at radius 2 is 1.20 bits per heavy atom. The number of hydrogen-bond acceptors (Lipinski definition) is 0. The number of hydrogen-bond donors (Lipinski definition) is 0. The van der Waals surface area contributed by atoms with E-state index in [0.717, 1.165) is 0 Å². The summed E-state index contributed by atoms with van der Waals surface area (Å²) >= 11 is 0. The average molecular weight is 626 g/mol. The van der Waals surface area contributed by atoms with Crippen LogP contribution < -0.4 is 30.0 Å². The van der Waals surface area contributed by atoms with E-state index in [9.17, 15) is 0 Å². The SMILES string of the molecule is C[c-]1c([Si](C)(C)C)cc2cc3c(cc21)CCC3.Cc1c(C)c(C)[c-](C)c1C.[Cl-].[Cl-].[Hf+4]. The van der Waals surface area contributed by atoms with Gasteiger partial charge in [0, 0.05) is 0 Å². The molecule has 1 aliphatic rings. The van der Waals surface area contributed by atoms with Crippen molar-refractivity contribution in [3.05, 3.63) is 62.7 Å². The third-order valence-corrected chi connectivity index (χ3v) is 9.13. The molecule has 30 heavy (non-hydrogen) atoms. The van der Waals surface area contributed by atoms with E-state index >= 15 is 0 Å². The average Bonchev–Trinajstić information content (AvgIpc) is 3.24. The van der Waals surface area contributed by atoms with Gasteiger partial charge in [0.15, 0.2) is 0 Å². The normalized spacial score (nSPS) is 12.3. The topological polar surface area (TPSA) is 0 Å². The first-order valence-electron chi connectivity index (χ1n) is 10.4. The molecule has 0 radical (unpaired) electrons. The van der Waals surface area contributed by atoms with Gasteiger partial charge in [-0.1, -0.05) is 72.3 Å². The summed E-state index contributed by atoms with van der Waals surface area (Å²) in [4.78, 5) is 0. The second-order valence-electron chi connectivity index (χ2n) is 9.62. The Kier molecular flexibility index (Phi) is 11.1. The van der Waals surface area contributed by atoms with Crippen molar-refractivity contribution in [3.8, 4) is 0 Å². The molecule has 0 saturated carbocycles. The minimum absolute atomic E-state index is 0. The summed E-state index contributed by atoms with van der Waals surface area (Å²) in [6.07, 6.45) is 3.93. The zero-order chi connectivity index (χ0) is 20.1. The van der Waals surface area contributed by atoms with Gasteiger partial charge in [-0.3, -0.25) is 0 Å². The first-order chi connectivity index (χ1) is 12.5. The fourth-order valence-electron chi connectivity index (χ4n) is 4.68. The molecule has 0 bridgehead atoms. The van der Waals surface area contributed by atoms with Gasteiger partial charge in [-0.15, -0.1) is 33.7 Å². The molecule has 0 unspecified atom stereocenters. The molecule has 0 aromatic heterocycles. The summed E-state index contributed by atoms with van der Waals surface area (Å²) in [6.45, 7) is 20.7. The predicted molar refractivity (Wildman–Crippen MR) is 125 cm³/mol. The van der Waals surface area contributed by atoms with Crippen LogP contribution in [-0.4, -0.2) is 8.07 Å². The molecule has 0 saturated heterocycles. The fraction of sp³-hybridized carbons (Fsp3) is 0.462. The van der Waals surface area contributed by atoms with Crippen LogP contribution in [0.2, 0.25) is 19.6 Å². The summed E-state index contributed by atoms with van der Waals surface area (Å²) in [5.41, 5.74) is 12.1. The van der Waals surface area contributed by atoms with E-state index in [1.54, 1.807) is 21.9 Å². The van der Waals surface area contributed by atoms with Crippen molar-refractivity contribution in [2.75, 3.05) is 0 Å². The molecule has 0 nitrogen and oxygen atoms in total. The van der Waals surface area contributed by atoms with E-state index in [0.29, 0.717) is 0 Å². The van der Waals surface area contributed by atoms with Crippen LogP contribution in [0.15, 0.2) is 18.2 Å². The molecule has 0 atom stereocenters. The molecule has 0 fully saturated rings. The molecule has 0 spiro atoms. The van der Waals surface area contributed by atoms with Crippen LogP contribution in [0, 0.1) is 41.5 Å². The Balaban J connectivity index is 0.000000569. The van der Waals surface area contributed by atoms with Gasteiger partial charge < -0.3 is 24.8 Å². The summed E-state index contributed by atoms with van der Waals surface area (Å²) in [6, 6.07) is 7.39. The molecule has 3 aromatic carbocycles. The number of fused-ring (bicyclic) bond motifs is 2. The zero-order valence-corrected chi connectivity index (χ0v) is 26.2. The predicted octanol–water partition coefficient (Wildman–Crippen LogP) is 0.854. The van der Waals surface area contributed by atoms with Gasteiger partial charge in [-0.2, -0.15) is 33.9 Å². The van der Waals surface area contributed by atoms with Crippen LogP contribution in [0.5, 0.6) is 0 Å². The smallest absolute Gasteiger partial charge is 1.00 e. The van der Waals surface area contributed by atoms with Crippen molar-refractivity contribution in [1.82, 2.24) is 0 Å². The molecular formula is C26H36Cl2HfSi. The quantitative estimate of drug-likeness (QED) is 0.278. The van der Waals surface area contributed by atoms with Gasteiger partial charge in [0.2, 0.25) is 0 Å². The van der Waals surface area contributed by atoms with Crippen molar-refractivity contribution in [3.63, 3.8) is 0 Å². The summed E-state index contributed by atoms with van der Waals surface area (Å²) in [7, 11) is -1.19. The van der Waals surface area contributed by atoms with Gasteiger partial charge in [-0.05, 0) is 19.3 Å². The third-order valence-electron chi connectivity index (χ3n) is 6.99. The third kappa shape index (κ3) is 5.60. The van der Waals surface area contributed by atoms with E-state index in [2.05, 4.69) is 79.4 Å². The maximum Gasteiger partial charge on any atom is 4.00 e. The van der Waals surface area contributed by atoms with Crippen molar-refractivity contribution in [2.24, 2.45) is 0 Å². The van der Waals surface area contributed by atoms with E-state index < -0.39 is 8.07 Å². The Morgan fingerprint density at radius 3 is 1.60 bits per heavy atom. The van der Waals surface area contributed by atoms with Gasteiger partial charge in [0.1, 0.15) is 0 Å². The Bertz CT molecular complexity index is 923. The summed E-state index contributed by atoms with van der Waals surface area (Å²) in [5, 5.41) is 4.65. The van der Waals surface area contributed by atoms with Crippen LogP contribution in [0.3, 0.4) is 0 Å². The van der Waals surface area contributed by atoms with Gasteiger partial charge >= 0.3 is 25.8 Å². The second-order valence-corrected chi connectivity index (χ2v) is 14.7. The molecule has 4 heteroatoms. The molecule has 4 rings (SSSR count). The van der Waals surface area contributed by atoms with Crippen LogP contribution in [-0.2, 0) is 38.7 Å². The zero-order valence-electron chi connectivity index (χ0n) is 20.1. The Morgan fingerprint density at radius 1 is 0.733 bits per heavy atom. The first kappa shape index (κ1) is 29.8. The van der Waals surface area contributed by atoms with Crippen LogP contribution >= 0.6 is 0 Å². The van der Waals surface area contributed by atoms with E-state index in [1.807, 2.05) is 0 Å². The standard InChI is InChI=1S/C16H21Si.C10H15.2ClH.Hf/c1-11-15-9-13-7-5-6-12(13)8-14(15)10-16(11)17(2,3)4;1-6-7(2)9(4)10(5)8(6)3;;;/h8-10H,5-7H2,1-4H3;1-5H3;2*1H;/q2*-1;;;+4/p-2. The van der Waals surface area contributed by atoms with Crippen LogP contribution in [0.4, 0.5) is 0 Å². The molecule has 0 heterocycles. The number of benzene rings is 1. The van der Waals surface area contributed by atoms with Gasteiger partial charge in [0.05, 0.1) is 8.07 Å². The van der Waals surface area contributed by atoms with Crippen LogP contribution in [0.25, 0.3) is 10.8 Å². The Hall–Kier alpha value is -0.153.